The SMILES string of the molecule is N#CC(C(N)=O)=C1Sc2c(O)c3c(c(O)c2S1)SC(=C(C#N)C(N)=O)S3. The van der Waals surface area contributed by atoms with Gasteiger partial charge >= 0.3 is 0 Å². The number of phenolic OH excluding ortho intramolecular Hbond substituents is 2. The molecule has 0 spiro atoms. The standard InChI is InChI=1S/C14H6N4O4S4/c15-1-3(11(17)21)13-23-7-5(19)9-10(6(20)8(7)24-13)26-14(25-9)4(2-16)12(18)22/h19-20H,(H2,17,21)(H2,18,22). The topological polar surface area (TPSA) is 174 Å². The van der Waals surface area contributed by atoms with Crippen LogP contribution in [-0.2, 0) is 9.59 Å². The Bertz CT molecular complexity index is 924. The molecular formula is C14H6N4O4S4. The molecule has 0 saturated carbocycles. The van der Waals surface area contributed by atoms with Crippen molar-refractivity contribution >= 4 is 58.9 Å². The summed E-state index contributed by atoms with van der Waals surface area (Å²) in [6.07, 6.45) is 0. The Balaban J connectivity index is 2.14. The first-order valence-electron chi connectivity index (χ1n) is 6.51. The first kappa shape index (κ1) is 18.4. The van der Waals surface area contributed by atoms with E-state index in [9.17, 15) is 19.8 Å². The molecule has 2 heterocycles. The molecule has 0 unspecified atom stereocenters. The zero-order chi connectivity index (χ0) is 19.2. The molecule has 2 amide bonds. The second-order valence-corrected chi connectivity index (χ2v) is 9.30. The summed E-state index contributed by atoms with van der Waals surface area (Å²) in [5, 5.41) is 39.2. The Morgan fingerprint density at radius 3 is 1.19 bits per heavy atom. The summed E-state index contributed by atoms with van der Waals surface area (Å²) in [6, 6.07) is 3.42. The third-order valence-electron chi connectivity index (χ3n) is 3.18. The quantitative estimate of drug-likeness (QED) is 0.313. The molecule has 0 radical (unpaired) electrons. The summed E-state index contributed by atoms with van der Waals surface area (Å²) < 4.78 is 0.509. The number of phenols is 2. The van der Waals surface area contributed by atoms with E-state index < -0.39 is 11.8 Å². The first-order chi connectivity index (χ1) is 12.3. The molecule has 8 nitrogen and oxygen atoms in total. The number of carbonyl (C=O) groups excluding carboxylic acids is 2. The molecule has 6 N–H and O–H groups in total. The highest BCUT2D eigenvalue weighted by atomic mass is 32.2. The van der Waals surface area contributed by atoms with E-state index in [1.54, 1.807) is 12.1 Å². The van der Waals surface area contributed by atoms with Gasteiger partial charge in [-0.3, -0.25) is 9.59 Å². The van der Waals surface area contributed by atoms with Crippen LogP contribution in [0, 0.1) is 22.7 Å². The minimum Gasteiger partial charge on any atom is -0.505 e. The number of amides is 2. The lowest BCUT2D eigenvalue weighted by molar-refractivity contribution is -0.115. The van der Waals surface area contributed by atoms with Crippen LogP contribution in [0.3, 0.4) is 0 Å². The maximum Gasteiger partial charge on any atom is 0.261 e. The smallest absolute Gasteiger partial charge is 0.261 e. The van der Waals surface area contributed by atoms with Crippen molar-refractivity contribution in [1.82, 2.24) is 0 Å². The summed E-state index contributed by atoms with van der Waals surface area (Å²) in [4.78, 5) is 23.8. The van der Waals surface area contributed by atoms with Gasteiger partial charge in [-0.2, -0.15) is 10.5 Å². The van der Waals surface area contributed by atoms with E-state index in [2.05, 4.69) is 0 Å². The highest BCUT2D eigenvalue weighted by Crippen LogP contribution is 2.67. The van der Waals surface area contributed by atoms with Crippen molar-refractivity contribution in [1.29, 1.82) is 10.5 Å². The predicted octanol–water partition coefficient (Wildman–Crippen LogP) is 1.93. The molecular weight excluding hydrogens is 416 g/mol. The lowest BCUT2D eigenvalue weighted by Crippen LogP contribution is -2.13. The second kappa shape index (κ2) is 6.74. The van der Waals surface area contributed by atoms with E-state index in [-0.39, 0.29) is 50.7 Å². The van der Waals surface area contributed by atoms with Crippen LogP contribution < -0.4 is 11.5 Å². The fourth-order valence-electron chi connectivity index (χ4n) is 2.03. The van der Waals surface area contributed by atoms with Gasteiger partial charge in [-0.15, -0.1) is 0 Å². The van der Waals surface area contributed by atoms with Gasteiger partial charge < -0.3 is 21.7 Å². The number of nitriles is 2. The number of nitrogens with two attached hydrogens (primary N) is 2. The van der Waals surface area contributed by atoms with Crippen molar-refractivity contribution in [2.45, 2.75) is 19.6 Å². The van der Waals surface area contributed by atoms with Gasteiger partial charge in [0, 0.05) is 0 Å². The molecule has 2 aliphatic heterocycles. The van der Waals surface area contributed by atoms with Gasteiger partial charge in [0.25, 0.3) is 11.8 Å². The zero-order valence-electron chi connectivity index (χ0n) is 12.4. The minimum atomic E-state index is -0.907. The van der Waals surface area contributed by atoms with E-state index in [0.29, 0.717) is 0 Å². The molecule has 26 heavy (non-hydrogen) atoms. The number of aromatic hydroxyl groups is 2. The number of hydrogen-bond acceptors (Lipinski definition) is 10. The summed E-state index contributed by atoms with van der Waals surface area (Å²) in [6.45, 7) is 0. The average Bonchev–Trinajstić information content (AvgIpc) is 3.19. The molecule has 1 aromatic carbocycles. The van der Waals surface area contributed by atoms with Crippen molar-refractivity contribution in [2.75, 3.05) is 0 Å². The van der Waals surface area contributed by atoms with Gasteiger partial charge in [0.1, 0.15) is 34.8 Å². The van der Waals surface area contributed by atoms with Crippen molar-refractivity contribution in [3.05, 3.63) is 19.6 Å². The number of rotatable bonds is 2. The van der Waals surface area contributed by atoms with E-state index in [4.69, 9.17) is 22.0 Å². The Morgan fingerprint density at radius 1 is 0.731 bits per heavy atom. The number of hydrogen-bond donors (Lipinski definition) is 4. The molecule has 1 aromatic rings. The molecule has 130 valence electrons. The van der Waals surface area contributed by atoms with Crippen LogP contribution in [0.5, 0.6) is 11.5 Å². The zero-order valence-corrected chi connectivity index (χ0v) is 15.7. The molecule has 12 heteroatoms. The van der Waals surface area contributed by atoms with Crippen molar-refractivity contribution in [3.63, 3.8) is 0 Å². The Hall–Kier alpha value is -2.38. The van der Waals surface area contributed by atoms with Crippen LogP contribution in [0.15, 0.2) is 39.2 Å². The predicted molar refractivity (Wildman–Crippen MR) is 96.9 cm³/mol. The molecule has 3 rings (SSSR count). The van der Waals surface area contributed by atoms with Crippen molar-refractivity contribution in [3.8, 4) is 23.6 Å². The van der Waals surface area contributed by atoms with E-state index in [0.717, 1.165) is 47.0 Å². The molecule has 0 aliphatic carbocycles. The van der Waals surface area contributed by atoms with E-state index in [1.165, 1.54) is 0 Å². The summed E-state index contributed by atoms with van der Waals surface area (Å²) in [5.41, 5.74) is 9.81. The highest BCUT2D eigenvalue weighted by Gasteiger charge is 2.37. The van der Waals surface area contributed by atoms with Gasteiger partial charge in [-0.1, -0.05) is 47.0 Å². The Labute approximate surface area is 163 Å². The number of primary amides is 2. The van der Waals surface area contributed by atoms with Crippen molar-refractivity contribution in [2.24, 2.45) is 11.5 Å². The molecule has 0 saturated heterocycles. The molecule has 0 bridgehead atoms. The summed E-state index contributed by atoms with van der Waals surface area (Å²) in [7, 11) is 0. The second-order valence-electron chi connectivity index (χ2n) is 4.70. The summed E-state index contributed by atoms with van der Waals surface area (Å²) in [5.74, 6) is -2.18. The van der Waals surface area contributed by atoms with Crippen LogP contribution in [0.2, 0.25) is 0 Å². The van der Waals surface area contributed by atoms with Gasteiger partial charge in [0.15, 0.2) is 0 Å². The van der Waals surface area contributed by atoms with Crippen molar-refractivity contribution < 1.29 is 19.8 Å². The average molecular weight is 422 g/mol. The maximum absolute atomic E-state index is 11.4. The first-order valence-corrected chi connectivity index (χ1v) is 9.78. The largest absolute Gasteiger partial charge is 0.505 e. The molecule has 0 fully saturated rings. The number of carbonyl (C=O) groups is 2. The van der Waals surface area contributed by atoms with Gasteiger partial charge in [-0.25, -0.2) is 0 Å². The molecule has 2 aliphatic rings. The lowest BCUT2D eigenvalue weighted by Gasteiger charge is -2.08. The van der Waals surface area contributed by atoms with E-state index >= 15 is 0 Å². The maximum atomic E-state index is 11.4. The van der Waals surface area contributed by atoms with Crippen LogP contribution in [0.4, 0.5) is 0 Å². The fourth-order valence-corrected chi connectivity index (χ4v) is 7.28. The number of benzene rings is 1. The number of fused-ring (bicyclic) bond motifs is 2. The van der Waals surface area contributed by atoms with Gasteiger partial charge in [-0.05, 0) is 0 Å². The third-order valence-corrected chi connectivity index (χ3v) is 8.40. The summed E-state index contributed by atoms with van der Waals surface area (Å²) >= 11 is 3.76. The molecule has 0 aromatic heterocycles. The minimum absolute atomic E-state index is 0.184. The Kier molecular flexibility index (Phi) is 4.77. The van der Waals surface area contributed by atoms with Gasteiger partial charge in [0.2, 0.25) is 0 Å². The third kappa shape index (κ3) is 2.77. The monoisotopic (exact) mass is 422 g/mol. The fraction of sp³-hybridized carbons (Fsp3) is 0. The highest BCUT2D eigenvalue weighted by molar-refractivity contribution is 8.26. The van der Waals surface area contributed by atoms with E-state index in [1.807, 2.05) is 0 Å². The van der Waals surface area contributed by atoms with Gasteiger partial charge in [0.05, 0.1) is 28.1 Å². The Morgan fingerprint density at radius 2 is 1.00 bits per heavy atom. The van der Waals surface area contributed by atoms with Crippen LogP contribution >= 0.6 is 47.0 Å². The van der Waals surface area contributed by atoms with Crippen LogP contribution in [0.1, 0.15) is 0 Å². The normalized spacial score (nSPS) is 14.2. The number of nitrogens with zero attached hydrogens (tertiary/aromatic N) is 2. The molecule has 0 atom stereocenters. The number of thioether (sulfide) groups is 4. The van der Waals surface area contributed by atoms with Crippen LogP contribution in [0.25, 0.3) is 0 Å². The van der Waals surface area contributed by atoms with Crippen LogP contribution in [-0.4, -0.2) is 22.0 Å². The lowest BCUT2D eigenvalue weighted by atomic mass is 10.3.